The highest BCUT2D eigenvalue weighted by Crippen LogP contribution is 2.35. The second-order valence-corrected chi connectivity index (χ2v) is 4.40. The smallest absolute Gasteiger partial charge is 0.192 e. The van der Waals surface area contributed by atoms with Gasteiger partial charge in [0.2, 0.25) is 0 Å². The van der Waals surface area contributed by atoms with Gasteiger partial charge in [0.1, 0.15) is 0 Å². The van der Waals surface area contributed by atoms with E-state index < -0.39 is 5.79 Å². The molecule has 1 aliphatic rings. The van der Waals surface area contributed by atoms with Crippen LogP contribution in [-0.2, 0) is 15.3 Å². The number of benzene rings is 1. The molecule has 15 heavy (non-hydrogen) atoms. The van der Waals surface area contributed by atoms with Gasteiger partial charge < -0.3 is 9.47 Å². The zero-order valence-corrected chi connectivity index (χ0v) is 9.57. The summed E-state index contributed by atoms with van der Waals surface area (Å²) in [6.45, 7) is 6.19. The Labute approximate surface area is 91.2 Å². The second-order valence-electron chi connectivity index (χ2n) is 4.40. The van der Waals surface area contributed by atoms with Crippen molar-refractivity contribution < 1.29 is 9.47 Å². The van der Waals surface area contributed by atoms with E-state index in [0.717, 1.165) is 12.0 Å². The third-order valence-electron chi connectivity index (χ3n) is 2.81. The Bertz CT molecular complexity index is 311. The molecule has 2 heteroatoms. The van der Waals surface area contributed by atoms with E-state index in [4.69, 9.17) is 9.47 Å². The van der Waals surface area contributed by atoms with E-state index >= 15 is 0 Å². The molecule has 1 heterocycles. The lowest BCUT2D eigenvalue weighted by molar-refractivity contribution is -0.311. The molecule has 82 valence electrons. The van der Waals surface area contributed by atoms with E-state index in [9.17, 15) is 0 Å². The van der Waals surface area contributed by atoms with Crippen molar-refractivity contribution >= 4 is 0 Å². The van der Waals surface area contributed by atoms with E-state index in [-0.39, 0.29) is 12.2 Å². The number of ether oxygens (including phenoxy) is 2. The van der Waals surface area contributed by atoms with Gasteiger partial charge in [-0.15, -0.1) is 0 Å². The summed E-state index contributed by atoms with van der Waals surface area (Å²) in [6, 6.07) is 10.1. The SMILES string of the molecule is C[C@@H]1C[C@H](C)OC(C)(c2ccccc2)O1. The van der Waals surface area contributed by atoms with Gasteiger partial charge in [0.05, 0.1) is 12.2 Å². The first-order chi connectivity index (χ1) is 7.10. The molecule has 2 rings (SSSR count). The molecule has 2 nitrogen and oxygen atoms in total. The van der Waals surface area contributed by atoms with E-state index in [2.05, 4.69) is 13.8 Å². The van der Waals surface area contributed by atoms with Crippen molar-refractivity contribution in [3.63, 3.8) is 0 Å². The van der Waals surface area contributed by atoms with E-state index in [1.807, 2.05) is 37.3 Å². The van der Waals surface area contributed by atoms with E-state index in [0.29, 0.717) is 0 Å². The molecule has 0 spiro atoms. The third kappa shape index (κ3) is 2.21. The molecule has 0 bridgehead atoms. The van der Waals surface area contributed by atoms with Crippen molar-refractivity contribution in [2.24, 2.45) is 0 Å². The highest BCUT2D eigenvalue weighted by atomic mass is 16.7. The van der Waals surface area contributed by atoms with E-state index in [1.54, 1.807) is 0 Å². The van der Waals surface area contributed by atoms with Crippen molar-refractivity contribution in [1.29, 1.82) is 0 Å². The highest BCUT2D eigenvalue weighted by Gasteiger charge is 2.37. The van der Waals surface area contributed by atoms with Crippen molar-refractivity contribution in [2.45, 2.75) is 45.2 Å². The molecule has 0 N–H and O–H groups in total. The minimum atomic E-state index is -0.585. The van der Waals surface area contributed by atoms with Gasteiger partial charge in [-0.2, -0.15) is 0 Å². The molecular weight excluding hydrogens is 188 g/mol. The highest BCUT2D eigenvalue weighted by molar-refractivity contribution is 5.20. The van der Waals surface area contributed by atoms with Crippen molar-refractivity contribution in [3.8, 4) is 0 Å². The van der Waals surface area contributed by atoms with Gasteiger partial charge >= 0.3 is 0 Å². The lowest BCUT2D eigenvalue weighted by Gasteiger charge is -2.41. The number of rotatable bonds is 1. The minimum absolute atomic E-state index is 0.249. The zero-order valence-electron chi connectivity index (χ0n) is 9.57. The molecule has 0 radical (unpaired) electrons. The summed E-state index contributed by atoms with van der Waals surface area (Å²) in [4.78, 5) is 0. The summed E-state index contributed by atoms with van der Waals surface area (Å²) in [6.07, 6.45) is 1.46. The lowest BCUT2D eigenvalue weighted by atomic mass is 10.0. The molecule has 1 aromatic rings. The molecule has 1 aromatic carbocycles. The van der Waals surface area contributed by atoms with Crippen LogP contribution >= 0.6 is 0 Å². The van der Waals surface area contributed by atoms with Gasteiger partial charge in [-0.05, 0) is 27.2 Å². The Balaban J connectivity index is 2.26. The van der Waals surface area contributed by atoms with Crippen LogP contribution in [0.1, 0.15) is 32.8 Å². The normalized spacial score (nSPS) is 36.5. The second kappa shape index (κ2) is 3.95. The van der Waals surface area contributed by atoms with Crippen molar-refractivity contribution in [1.82, 2.24) is 0 Å². The Morgan fingerprint density at radius 2 is 1.60 bits per heavy atom. The lowest BCUT2D eigenvalue weighted by Crippen LogP contribution is -2.42. The van der Waals surface area contributed by atoms with Gasteiger partial charge in [0.15, 0.2) is 5.79 Å². The summed E-state index contributed by atoms with van der Waals surface area (Å²) in [5.41, 5.74) is 1.09. The van der Waals surface area contributed by atoms with Crippen LogP contribution in [0.2, 0.25) is 0 Å². The quantitative estimate of drug-likeness (QED) is 0.703. The van der Waals surface area contributed by atoms with Crippen LogP contribution in [0.25, 0.3) is 0 Å². The first kappa shape index (κ1) is 10.7. The van der Waals surface area contributed by atoms with Gasteiger partial charge in [-0.1, -0.05) is 30.3 Å². The molecule has 3 atom stereocenters. The fraction of sp³-hybridized carbons (Fsp3) is 0.538. The van der Waals surface area contributed by atoms with Gasteiger partial charge in [-0.3, -0.25) is 0 Å². The first-order valence-corrected chi connectivity index (χ1v) is 5.51. The van der Waals surface area contributed by atoms with Crippen LogP contribution in [0.5, 0.6) is 0 Å². The topological polar surface area (TPSA) is 18.5 Å². The van der Waals surface area contributed by atoms with Gasteiger partial charge in [0.25, 0.3) is 0 Å². The molecule has 1 fully saturated rings. The molecule has 0 aromatic heterocycles. The molecule has 1 unspecified atom stereocenters. The molecule has 0 aliphatic carbocycles. The summed E-state index contributed by atoms with van der Waals surface area (Å²) < 4.78 is 11.8. The van der Waals surface area contributed by atoms with E-state index in [1.165, 1.54) is 0 Å². The van der Waals surface area contributed by atoms with Crippen LogP contribution in [0.15, 0.2) is 30.3 Å². The number of hydrogen-bond donors (Lipinski definition) is 0. The van der Waals surface area contributed by atoms with Crippen LogP contribution in [0.4, 0.5) is 0 Å². The average Bonchev–Trinajstić information content (AvgIpc) is 2.17. The van der Waals surface area contributed by atoms with Gasteiger partial charge in [-0.25, -0.2) is 0 Å². The summed E-state index contributed by atoms with van der Waals surface area (Å²) in [5.74, 6) is -0.585. The monoisotopic (exact) mass is 206 g/mol. The Morgan fingerprint density at radius 3 is 2.13 bits per heavy atom. The predicted octanol–water partition coefficient (Wildman–Crippen LogP) is 3.07. The van der Waals surface area contributed by atoms with Crippen molar-refractivity contribution in [3.05, 3.63) is 35.9 Å². The third-order valence-corrected chi connectivity index (χ3v) is 2.81. The molecule has 0 amide bonds. The molecular formula is C13H18O2. The number of hydrogen-bond acceptors (Lipinski definition) is 2. The maximum atomic E-state index is 5.91. The Kier molecular flexibility index (Phi) is 2.81. The average molecular weight is 206 g/mol. The fourth-order valence-electron chi connectivity index (χ4n) is 2.24. The first-order valence-electron chi connectivity index (χ1n) is 5.51. The summed E-state index contributed by atoms with van der Waals surface area (Å²) in [5, 5.41) is 0. The van der Waals surface area contributed by atoms with Crippen LogP contribution in [0.3, 0.4) is 0 Å². The maximum Gasteiger partial charge on any atom is 0.192 e. The molecule has 0 saturated carbocycles. The Morgan fingerprint density at radius 1 is 1.07 bits per heavy atom. The molecule has 1 aliphatic heterocycles. The van der Waals surface area contributed by atoms with Crippen LogP contribution in [-0.4, -0.2) is 12.2 Å². The van der Waals surface area contributed by atoms with Gasteiger partial charge in [0, 0.05) is 5.56 Å². The van der Waals surface area contributed by atoms with Crippen LogP contribution in [0, 0.1) is 0 Å². The largest absolute Gasteiger partial charge is 0.343 e. The Hall–Kier alpha value is -0.860. The summed E-state index contributed by atoms with van der Waals surface area (Å²) in [7, 11) is 0. The predicted molar refractivity (Wildman–Crippen MR) is 59.5 cm³/mol. The summed E-state index contributed by atoms with van der Waals surface area (Å²) >= 11 is 0. The van der Waals surface area contributed by atoms with Crippen molar-refractivity contribution in [2.75, 3.05) is 0 Å². The maximum absolute atomic E-state index is 5.91. The fourth-order valence-corrected chi connectivity index (χ4v) is 2.24. The van der Waals surface area contributed by atoms with Crippen LogP contribution < -0.4 is 0 Å². The zero-order chi connectivity index (χ0) is 10.9. The molecule has 1 saturated heterocycles. The minimum Gasteiger partial charge on any atom is -0.343 e. The standard InChI is InChI=1S/C13H18O2/c1-10-9-11(2)15-13(3,14-10)12-7-5-4-6-8-12/h4-8,10-11H,9H2,1-3H3/t10-,11+,13?.